The molecule has 0 aliphatic carbocycles. The number of amides is 1. The van der Waals surface area contributed by atoms with Crippen LogP contribution in [0.3, 0.4) is 0 Å². The fourth-order valence-electron chi connectivity index (χ4n) is 1.56. The van der Waals surface area contributed by atoms with Crippen molar-refractivity contribution in [2.24, 2.45) is 11.7 Å². The number of benzene rings is 1. The maximum atomic E-state index is 11.8. The van der Waals surface area contributed by atoms with Crippen molar-refractivity contribution in [3.8, 4) is 0 Å². The lowest BCUT2D eigenvalue weighted by molar-refractivity contribution is 0.0948. The van der Waals surface area contributed by atoms with Crippen LogP contribution in [0, 0.1) is 19.8 Å². The first-order valence-corrected chi connectivity index (χ1v) is 5.59. The summed E-state index contributed by atoms with van der Waals surface area (Å²) >= 11 is 0. The van der Waals surface area contributed by atoms with E-state index in [0.29, 0.717) is 19.0 Å². The summed E-state index contributed by atoms with van der Waals surface area (Å²) in [6.45, 7) is 7.22. The maximum Gasteiger partial charge on any atom is 0.251 e. The second-order valence-corrected chi connectivity index (χ2v) is 4.43. The Morgan fingerprint density at radius 3 is 2.29 bits per heavy atom. The summed E-state index contributed by atoms with van der Waals surface area (Å²) in [7, 11) is 0. The van der Waals surface area contributed by atoms with E-state index in [4.69, 9.17) is 5.73 Å². The number of rotatable bonds is 4. The quantitative estimate of drug-likeness (QED) is 0.866. The molecule has 4 heteroatoms. The highest BCUT2D eigenvalue weighted by Gasteiger charge is 2.07. The first-order valence-electron chi connectivity index (χ1n) is 5.59. The Balaban J connectivity index is 0.00000256. The Bertz CT molecular complexity index is 359. The van der Waals surface area contributed by atoms with E-state index >= 15 is 0 Å². The zero-order chi connectivity index (χ0) is 12.1. The third-order valence-electron chi connectivity index (χ3n) is 2.50. The van der Waals surface area contributed by atoms with E-state index in [-0.39, 0.29) is 18.3 Å². The van der Waals surface area contributed by atoms with Gasteiger partial charge in [0.25, 0.3) is 5.91 Å². The Kier molecular flexibility index (Phi) is 6.85. The average molecular weight is 257 g/mol. The van der Waals surface area contributed by atoms with Crippen molar-refractivity contribution in [2.75, 3.05) is 13.1 Å². The maximum absolute atomic E-state index is 11.8. The van der Waals surface area contributed by atoms with Crippen molar-refractivity contribution < 1.29 is 4.79 Å². The molecule has 17 heavy (non-hydrogen) atoms. The molecule has 1 amide bonds. The number of carbonyl (C=O) groups is 1. The molecule has 1 atom stereocenters. The van der Waals surface area contributed by atoms with Crippen LogP contribution >= 0.6 is 12.4 Å². The largest absolute Gasteiger partial charge is 0.352 e. The summed E-state index contributed by atoms with van der Waals surface area (Å²) in [6, 6.07) is 5.85. The minimum absolute atomic E-state index is 0. The van der Waals surface area contributed by atoms with Gasteiger partial charge in [0.2, 0.25) is 0 Å². The lowest BCUT2D eigenvalue weighted by Crippen LogP contribution is -2.31. The van der Waals surface area contributed by atoms with Crippen molar-refractivity contribution >= 4 is 18.3 Å². The first-order chi connectivity index (χ1) is 7.52. The van der Waals surface area contributed by atoms with Crippen molar-refractivity contribution in [3.05, 3.63) is 34.9 Å². The highest BCUT2D eigenvalue weighted by molar-refractivity contribution is 5.94. The van der Waals surface area contributed by atoms with Crippen molar-refractivity contribution in [2.45, 2.75) is 20.8 Å². The van der Waals surface area contributed by atoms with Crippen LogP contribution in [-0.2, 0) is 0 Å². The number of nitrogens with one attached hydrogen (secondary N) is 1. The topological polar surface area (TPSA) is 55.1 Å². The predicted octanol–water partition coefficient (Wildman–Crippen LogP) is 2.05. The van der Waals surface area contributed by atoms with E-state index < -0.39 is 0 Å². The minimum atomic E-state index is -0.0212. The number of hydrogen-bond donors (Lipinski definition) is 2. The summed E-state index contributed by atoms with van der Waals surface area (Å²) in [5, 5.41) is 2.89. The van der Waals surface area contributed by atoms with Gasteiger partial charge in [0.15, 0.2) is 0 Å². The molecular formula is C13H21ClN2O. The summed E-state index contributed by atoms with van der Waals surface area (Å²) in [5.41, 5.74) is 8.43. The second-order valence-electron chi connectivity index (χ2n) is 4.43. The Hall–Kier alpha value is -1.06. The van der Waals surface area contributed by atoms with Gasteiger partial charge in [-0.2, -0.15) is 0 Å². The van der Waals surface area contributed by atoms with Crippen molar-refractivity contribution in [1.29, 1.82) is 0 Å². The molecule has 0 aromatic heterocycles. The molecule has 3 nitrogen and oxygen atoms in total. The second kappa shape index (κ2) is 7.30. The summed E-state index contributed by atoms with van der Waals surface area (Å²) < 4.78 is 0. The normalized spacial score (nSPS) is 11.5. The highest BCUT2D eigenvalue weighted by Crippen LogP contribution is 2.08. The Morgan fingerprint density at radius 2 is 1.82 bits per heavy atom. The van der Waals surface area contributed by atoms with Crippen LogP contribution in [0.15, 0.2) is 18.2 Å². The van der Waals surface area contributed by atoms with Crippen molar-refractivity contribution in [1.82, 2.24) is 5.32 Å². The van der Waals surface area contributed by atoms with Gasteiger partial charge in [-0.25, -0.2) is 0 Å². The molecule has 0 aliphatic heterocycles. The summed E-state index contributed by atoms with van der Waals surface area (Å²) in [6.07, 6.45) is 0. The van der Waals surface area contributed by atoms with E-state index in [1.807, 2.05) is 32.9 Å². The summed E-state index contributed by atoms with van der Waals surface area (Å²) in [5.74, 6) is 0.293. The molecule has 3 N–H and O–H groups in total. The zero-order valence-corrected chi connectivity index (χ0v) is 11.4. The van der Waals surface area contributed by atoms with Crippen LogP contribution in [0.1, 0.15) is 28.4 Å². The van der Waals surface area contributed by atoms with E-state index in [2.05, 4.69) is 11.4 Å². The Labute approximate surface area is 109 Å². The fraction of sp³-hybridized carbons (Fsp3) is 0.462. The van der Waals surface area contributed by atoms with Crippen LogP contribution in [0.4, 0.5) is 0 Å². The molecule has 0 aliphatic rings. The standard InChI is InChI=1S/C13H20N2O.ClH/c1-9-4-10(2)6-12(5-9)13(16)15-8-11(3)7-14;/h4-6,11H,7-8,14H2,1-3H3,(H,15,16);1H. The number of hydrogen-bond acceptors (Lipinski definition) is 2. The zero-order valence-electron chi connectivity index (χ0n) is 10.6. The van der Waals surface area contributed by atoms with E-state index in [9.17, 15) is 4.79 Å². The van der Waals surface area contributed by atoms with E-state index in [0.717, 1.165) is 16.7 Å². The first kappa shape index (κ1) is 15.9. The molecular weight excluding hydrogens is 236 g/mol. The highest BCUT2D eigenvalue weighted by atomic mass is 35.5. The van der Waals surface area contributed by atoms with Gasteiger partial charge in [-0.3, -0.25) is 4.79 Å². The smallest absolute Gasteiger partial charge is 0.251 e. The third-order valence-corrected chi connectivity index (χ3v) is 2.50. The monoisotopic (exact) mass is 256 g/mol. The van der Waals surface area contributed by atoms with E-state index in [1.54, 1.807) is 0 Å². The van der Waals surface area contributed by atoms with Gasteiger partial charge in [0.1, 0.15) is 0 Å². The number of carbonyl (C=O) groups excluding carboxylic acids is 1. The van der Waals surface area contributed by atoms with Crippen LogP contribution in [0.25, 0.3) is 0 Å². The predicted molar refractivity (Wildman–Crippen MR) is 73.7 cm³/mol. The van der Waals surface area contributed by atoms with Crippen LogP contribution in [-0.4, -0.2) is 19.0 Å². The molecule has 0 bridgehead atoms. The molecule has 1 unspecified atom stereocenters. The molecule has 0 spiro atoms. The van der Waals surface area contributed by atoms with Crippen LogP contribution in [0.2, 0.25) is 0 Å². The molecule has 1 aromatic rings. The molecule has 0 radical (unpaired) electrons. The molecule has 96 valence electrons. The molecule has 0 fully saturated rings. The summed E-state index contributed by atoms with van der Waals surface area (Å²) in [4.78, 5) is 11.8. The van der Waals surface area contributed by atoms with Gasteiger partial charge in [-0.15, -0.1) is 12.4 Å². The van der Waals surface area contributed by atoms with Gasteiger partial charge in [-0.1, -0.05) is 24.1 Å². The van der Waals surface area contributed by atoms with E-state index in [1.165, 1.54) is 0 Å². The molecule has 0 saturated heterocycles. The third kappa shape index (κ3) is 5.20. The van der Waals surface area contributed by atoms with Crippen LogP contribution < -0.4 is 11.1 Å². The number of nitrogens with two attached hydrogens (primary N) is 1. The van der Waals surface area contributed by atoms with Gasteiger partial charge < -0.3 is 11.1 Å². The lowest BCUT2D eigenvalue weighted by atomic mass is 10.1. The average Bonchev–Trinajstić information content (AvgIpc) is 2.23. The molecule has 1 rings (SSSR count). The minimum Gasteiger partial charge on any atom is -0.352 e. The van der Waals surface area contributed by atoms with Gasteiger partial charge in [0.05, 0.1) is 0 Å². The number of halogens is 1. The fourth-order valence-corrected chi connectivity index (χ4v) is 1.56. The van der Waals surface area contributed by atoms with Crippen molar-refractivity contribution in [3.63, 3.8) is 0 Å². The molecule has 0 heterocycles. The number of aryl methyl sites for hydroxylation is 2. The van der Waals surface area contributed by atoms with Gasteiger partial charge in [-0.05, 0) is 38.4 Å². The Morgan fingerprint density at radius 1 is 1.29 bits per heavy atom. The lowest BCUT2D eigenvalue weighted by Gasteiger charge is -2.10. The van der Waals surface area contributed by atoms with Crippen LogP contribution in [0.5, 0.6) is 0 Å². The molecule has 1 aromatic carbocycles. The van der Waals surface area contributed by atoms with Gasteiger partial charge in [0, 0.05) is 12.1 Å². The van der Waals surface area contributed by atoms with Gasteiger partial charge >= 0.3 is 0 Å². The SMILES string of the molecule is Cc1cc(C)cc(C(=O)NCC(C)CN)c1.Cl. The molecule has 0 saturated carbocycles.